The number of primary amides is 1. The fourth-order valence-electron chi connectivity index (χ4n) is 2.53. The normalized spacial score (nSPS) is 16.1. The first-order valence-corrected chi connectivity index (χ1v) is 6.26. The number of amides is 1. The van der Waals surface area contributed by atoms with Crippen LogP contribution in [0.4, 0.5) is 0 Å². The molecule has 1 unspecified atom stereocenters. The number of nitrogens with two attached hydrogens (primary N) is 1. The van der Waals surface area contributed by atoms with Crippen LogP contribution in [0.25, 0.3) is 21.3 Å². The molecule has 0 saturated carbocycles. The van der Waals surface area contributed by atoms with Gasteiger partial charge in [-0.2, -0.15) is 0 Å². The summed E-state index contributed by atoms with van der Waals surface area (Å²) in [5.74, 6) is -0.0347. The molecule has 0 saturated heterocycles. The molecule has 1 aromatic heterocycles. The van der Waals surface area contributed by atoms with Crippen molar-refractivity contribution in [1.82, 2.24) is 4.98 Å². The number of benzene rings is 1. The van der Waals surface area contributed by atoms with Gasteiger partial charge in [-0.3, -0.25) is 9.59 Å². The summed E-state index contributed by atoms with van der Waals surface area (Å²) in [6.07, 6.45) is 0.234. The summed E-state index contributed by atoms with van der Waals surface area (Å²) < 4.78 is 5.76. The number of pyridine rings is 1. The van der Waals surface area contributed by atoms with Gasteiger partial charge in [-0.15, -0.1) is 0 Å². The number of azide groups is 1. The number of aromatic amines is 1. The predicted octanol–water partition coefficient (Wildman–Crippen LogP) is 1.24. The number of carbonyl (C=O) groups excluding carboxylic acids is 1. The summed E-state index contributed by atoms with van der Waals surface area (Å²) in [7, 11) is 0. The lowest BCUT2D eigenvalue weighted by molar-refractivity contribution is 0.100. The zero-order valence-electron chi connectivity index (χ0n) is 10.9. The summed E-state index contributed by atoms with van der Waals surface area (Å²) in [5.41, 5.74) is 14.8. The molecule has 21 heavy (non-hydrogen) atoms. The van der Waals surface area contributed by atoms with Crippen LogP contribution in [-0.4, -0.2) is 23.5 Å². The van der Waals surface area contributed by atoms with Crippen molar-refractivity contribution in [3.05, 3.63) is 50.1 Å². The van der Waals surface area contributed by atoms with Crippen LogP contribution < -0.4 is 16.0 Å². The fraction of sp³-hybridized carbons (Fsp3) is 0.231. The smallest absolute Gasteiger partial charge is 0.250 e. The Balaban J connectivity index is 2.19. The standard InChI is InChI=1S/C13H11N5O3/c14-13(20)9-4-6-3-7(5-16-18-15)21-12(6)8-1-2-10(19)17-11(8)9/h1-2,4,7H,3,5H2,(H2,14,20)(H,17,19). The molecule has 2 aromatic rings. The van der Waals surface area contributed by atoms with E-state index in [1.54, 1.807) is 12.1 Å². The second-order valence-corrected chi connectivity index (χ2v) is 4.75. The zero-order valence-corrected chi connectivity index (χ0v) is 10.9. The summed E-state index contributed by atoms with van der Waals surface area (Å²) in [6.45, 7) is 0.196. The monoisotopic (exact) mass is 285 g/mol. The van der Waals surface area contributed by atoms with Crippen LogP contribution in [-0.2, 0) is 6.42 Å². The lowest BCUT2D eigenvalue weighted by atomic mass is 10.0. The molecule has 1 aliphatic rings. The Morgan fingerprint density at radius 3 is 3.10 bits per heavy atom. The first-order valence-electron chi connectivity index (χ1n) is 6.26. The minimum absolute atomic E-state index is 0.196. The molecule has 3 rings (SSSR count). The third-order valence-electron chi connectivity index (χ3n) is 3.39. The predicted molar refractivity (Wildman–Crippen MR) is 75.2 cm³/mol. The van der Waals surface area contributed by atoms with Gasteiger partial charge in [-0.25, -0.2) is 0 Å². The number of carbonyl (C=O) groups is 1. The number of ether oxygens (including phenoxy) is 1. The van der Waals surface area contributed by atoms with Crippen molar-refractivity contribution in [2.45, 2.75) is 12.5 Å². The van der Waals surface area contributed by atoms with E-state index in [0.717, 1.165) is 5.56 Å². The minimum atomic E-state index is -0.622. The number of nitrogens with one attached hydrogen (secondary N) is 1. The Bertz CT molecular complexity index is 851. The van der Waals surface area contributed by atoms with Crippen LogP contribution in [0.15, 0.2) is 28.1 Å². The average Bonchev–Trinajstić information content (AvgIpc) is 2.86. The maximum atomic E-state index is 11.6. The van der Waals surface area contributed by atoms with Crippen LogP contribution in [0.2, 0.25) is 0 Å². The summed E-state index contributed by atoms with van der Waals surface area (Å²) in [6, 6.07) is 4.57. The van der Waals surface area contributed by atoms with Gasteiger partial charge in [0.05, 0.1) is 17.6 Å². The lowest BCUT2D eigenvalue weighted by Gasteiger charge is -2.09. The van der Waals surface area contributed by atoms with Crippen molar-refractivity contribution < 1.29 is 9.53 Å². The van der Waals surface area contributed by atoms with Gasteiger partial charge in [0.2, 0.25) is 5.56 Å². The molecular weight excluding hydrogens is 274 g/mol. The number of hydrogen-bond donors (Lipinski definition) is 2. The van der Waals surface area contributed by atoms with Gasteiger partial charge in [0.25, 0.3) is 5.91 Å². The molecule has 0 bridgehead atoms. The van der Waals surface area contributed by atoms with Crippen molar-refractivity contribution in [2.75, 3.05) is 6.54 Å². The van der Waals surface area contributed by atoms with Crippen molar-refractivity contribution in [3.63, 3.8) is 0 Å². The van der Waals surface area contributed by atoms with Gasteiger partial charge in [-0.1, -0.05) is 5.11 Å². The highest BCUT2D eigenvalue weighted by atomic mass is 16.5. The third kappa shape index (κ3) is 2.17. The van der Waals surface area contributed by atoms with Crippen LogP contribution >= 0.6 is 0 Å². The Labute approximate surface area is 118 Å². The number of fused-ring (bicyclic) bond motifs is 3. The molecular formula is C13H11N5O3. The minimum Gasteiger partial charge on any atom is -0.489 e. The van der Waals surface area contributed by atoms with Gasteiger partial charge in [0, 0.05) is 22.8 Å². The van der Waals surface area contributed by atoms with E-state index in [1.165, 1.54) is 6.07 Å². The molecule has 1 aromatic carbocycles. The summed E-state index contributed by atoms with van der Waals surface area (Å²) >= 11 is 0. The highest BCUT2D eigenvalue weighted by molar-refractivity contribution is 6.07. The highest BCUT2D eigenvalue weighted by Gasteiger charge is 2.27. The summed E-state index contributed by atoms with van der Waals surface area (Å²) in [4.78, 5) is 28.3. The molecule has 1 atom stereocenters. The Morgan fingerprint density at radius 1 is 1.57 bits per heavy atom. The SMILES string of the molecule is [N-]=[N+]=NCC1Cc2cc(C(N)=O)c3[nH]c(=O)ccc3c2O1. The highest BCUT2D eigenvalue weighted by Crippen LogP contribution is 2.37. The van der Waals surface area contributed by atoms with Gasteiger partial charge < -0.3 is 15.5 Å². The lowest BCUT2D eigenvalue weighted by Crippen LogP contribution is -2.16. The molecule has 3 N–H and O–H groups in total. The molecule has 1 aliphatic heterocycles. The average molecular weight is 285 g/mol. The number of rotatable bonds is 3. The number of aromatic nitrogens is 1. The molecule has 0 radical (unpaired) electrons. The van der Waals surface area contributed by atoms with E-state index in [2.05, 4.69) is 15.0 Å². The Kier molecular flexibility index (Phi) is 3.00. The van der Waals surface area contributed by atoms with Crippen LogP contribution in [0.3, 0.4) is 0 Å². The Morgan fingerprint density at radius 2 is 2.38 bits per heavy atom. The van der Waals surface area contributed by atoms with E-state index in [1.807, 2.05) is 0 Å². The third-order valence-corrected chi connectivity index (χ3v) is 3.39. The van der Waals surface area contributed by atoms with Crippen molar-refractivity contribution in [2.24, 2.45) is 10.8 Å². The largest absolute Gasteiger partial charge is 0.489 e. The fourth-order valence-corrected chi connectivity index (χ4v) is 2.53. The first-order chi connectivity index (χ1) is 10.1. The summed E-state index contributed by atoms with van der Waals surface area (Å²) in [5, 5.41) is 4.11. The van der Waals surface area contributed by atoms with Crippen LogP contribution in [0, 0.1) is 0 Å². The molecule has 0 aliphatic carbocycles. The first kappa shape index (κ1) is 13.0. The molecule has 0 fully saturated rings. The maximum Gasteiger partial charge on any atom is 0.250 e. The zero-order chi connectivity index (χ0) is 15.0. The molecule has 0 spiro atoms. The van der Waals surface area contributed by atoms with E-state index in [9.17, 15) is 9.59 Å². The maximum absolute atomic E-state index is 11.6. The second-order valence-electron chi connectivity index (χ2n) is 4.75. The van der Waals surface area contributed by atoms with E-state index in [0.29, 0.717) is 23.1 Å². The number of hydrogen-bond acceptors (Lipinski definition) is 4. The van der Waals surface area contributed by atoms with Crippen LogP contribution in [0.1, 0.15) is 15.9 Å². The molecule has 2 heterocycles. The Hall–Kier alpha value is -2.99. The topological polar surface area (TPSA) is 134 Å². The van der Waals surface area contributed by atoms with E-state index in [4.69, 9.17) is 16.0 Å². The van der Waals surface area contributed by atoms with Gasteiger partial charge >= 0.3 is 0 Å². The van der Waals surface area contributed by atoms with Crippen LogP contribution in [0.5, 0.6) is 5.75 Å². The molecule has 8 nitrogen and oxygen atoms in total. The number of nitrogens with zero attached hydrogens (tertiary/aromatic N) is 3. The van der Waals surface area contributed by atoms with Gasteiger partial charge in [0.15, 0.2) is 0 Å². The van der Waals surface area contributed by atoms with E-state index < -0.39 is 5.91 Å². The quantitative estimate of drug-likeness (QED) is 0.499. The van der Waals surface area contributed by atoms with Crippen molar-refractivity contribution in [1.29, 1.82) is 0 Å². The molecule has 8 heteroatoms. The van der Waals surface area contributed by atoms with Crippen molar-refractivity contribution >= 4 is 16.8 Å². The second kappa shape index (κ2) is 4.84. The number of H-pyrrole nitrogens is 1. The molecule has 106 valence electrons. The van der Waals surface area contributed by atoms with E-state index >= 15 is 0 Å². The molecule has 1 amide bonds. The van der Waals surface area contributed by atoms with E-state index in [-0.39, 0.29) is 23.8 Å². The van der Waals surface area contributed by atoms with Crippen molar-refractivity contribution in [3.8, 4) is 5.75 Å². The van der Waals surface area contributed by atoms with Gasteiger partial charge in [0.1, 0.15) is 11.9 Å². The van der Waals surface area contributed by atoms with Gasteiger partial charge in [-0.05, 0) is 23.2 Å².